The molecule has 0 radical (unpaired) electrons. The molecule has 0 aliphatic rings. The number of carbonyl (C=O) groups is 1. The van der Waals surface area contributed by atoms with Gasteiger partial charge in [0.2, 0.25) is 0 Å². The molecule has 162 valence electrons. The summed E-state index contributed by atoms with van der Waals surface area (Å²) in [6, 6.07) is 15.8. The number of rotatable bonds is 12. The van der Waals surface area contributed by atoms with Crippen LogP contribution in [0.3, 0.4) is 0 Å². The second kappa shape index (κ2) is 11.4. The maximum Gasteiger partial charge on any atom is 0.327 e. The lowest BCUT2D eigenvalue weighted by molar-refractivity contribution is -0.158. The number of esters is 1. The number of ether oxygens (including phenoxy) is 3. The maximum absolute atomic E-state index is 13.3. The van der Waals surface area contributed by atoms with E-state index in [9.17, 15) is 4.79 Å². The van der Waals surface area contributed by atoms with Crippen LogP contribution in [-0.2, 0) is 22.5 Å². The quantitative estimate of drug-likeness (QED) is 0.376. The molecule has 1 atom stereocenters. The first-order chi connectivity index (χ1) is 14.5. The topological polar surface area (TPSA) is 48.0 Å². The molecule has 0 aromatic heterocycles. The van der Waals surface area contributed by atoms with Gasteiger partial charge < -0.3 is 14.2 Å². The maximum atomic E-state index is 13.3. The predicted octanol–water partition coefficient (Wildman–Crippen LogP) is 4.65. The van der Waals surface area contributed by atoms with Crippen molar-refractivity contribution in [2.75, 3.05) is 27.4 Å². The molecule has 0 aliphatic carbocycles. The summed E-state index contributed by atoms with van der Waals surface area (Å²) in [6.07, 6.45) is 2.81. The minimum Gasteiger partial charge on any atom is -0.497 e. The summed E-state index contributed by atoms with van der Waals surface area (Å²) in [4.78, 5) is 15.5. The molecule has 0 N–H and O–H groups in total. The molecule has 0 saturated heterocycles. The fourth-order valence-corrected chi connectivity index (χ4v) is 3.70. The van der Waals surface area contributed by atoms with Crippen molar-refractivity contribution in [1.82, 2.24) is 4.90 Å². The van der Waals surface area contributed by atoms with Crippen LogP contribution in [0.5, 0.6) is 11.5 Å². The van der Waals surface area contributed by atoms with Crippen LogP contribution < -0.4 is 9.47 Å². The van der Waals surface area contributed by atoms with Gasteiger partial charge in [0, 0.05) is 13.0 Å². The minimum atomic E-state index is -0.846. The van der Waals surface area contributed by atoms with Crippen LogP contribution >= 0.6 is 0 Å². The molecule has 0 aliphatic heterocycles. The van der Waals surface area contributed by atoms with Gasteiger partial charge in [0.1, 0.15) is 17.0 Å². The van der Waals surface area contributed by atoms with Crippen molar-refractivity contribution in [3.05, 3.63) is 72.3 Å². The molecular weight excluding hydrogens is 378 g/mol. The van der Waals surface area contributed by atoms with Crippen molar-refractivity contribution in [3.8, 4) is 11.5 Å². The number of hydrogen-bond acceptors (Lipinski definition) is 5. The Hall–Kier alpha value is -2.79. The lowest BCUT2D eigenvalue weighted by atomic mass is 9.85. The van der Waals surface area contributed by atoms with E-state index in [-0.39, 0.29) is 5.97 Å². The second-order valence-corrected chi connectivity index (χ2v) is 7.13. The zero-order valence-electron chi connectivity index (χ0n) is 18.5. The number of methoxy groups -OCH3 is 2. The first-order valence-corrected chi connectivity index (χ1v) is 10.3. The van der Waals surface area contributed by atoms with E-state index in [4.69, 9.17) is 14.2 Å². The van der Waals surface area contributed by atoms with Crippen molar-refractivity contribution in [3.63, 3.8) is 0 Å². The Labute approximate surface area is 180 Å². The van der Waals surface area contributed by atoms with Crippen molar-refractivity contribution < 1.29 is 19.0 Å². The first-order valence-electron chi connectivity index (χ1n) is 10.3. The van der Waals surface area contributed by atoms with E-state index in [0.717, 1.165) is 22.6 Å². The summed E-state index contributed by atoms with van der Waals surface area (Å²) in [7, 11) is 3.29. The van der Waals surface area contributed by atoms with Crippen LogP contribution in [0.1, 0.15) is 31.4 Å². The highest BCUT2D eigenvalue weighted by Gasteiger charge is 2.44. The van der Waals surface area contributed by atoms with Crippen LogP contribution in [0.25, 0.3) is 0 Å². The average Bonchev–Trinajstić information content (AvgIpc) is 2.78. The number of nitrogens with zero attached hydrogens (tertiary/aromatic N) is 1. The fraction of sp³-hybridized carbons (Fsp3) is 0.400. The molecule has 1 unspecified atom stereocenters. The van der Waals surface area contributed by atoms with Gasteiger partial charge in [-0.1, -0.05) is 37.3 Å². The average molecular weight is 412 g/mol. The van der Waals surface area contributed by atoms with Gasteiger partial charge in [-0.3, -0.25) is 9.69 Å². The normalized spacial score (nSPS) is 12.8. The molecule has 2 aromatic rings. The molecular formula is C25H33NO4. The van der Waals surface area contributed by atoms with E-state index in [1.165, 1.54) is 0 Å². The minimum absolute atomic E-state index is 0.226. The van der Waals surface area contributed by atoms with Gasteiger partial charge >= 0.3 is 5.97 Å². The summed E-state index contributed by atoms with van der Waals surface area (Å²) in [5, 5.41) is 0. The highest BCUT2D eigenvalue weighted by molar-refractivity contribution is 5.81. The number of carbonyl (C=O) groups excluding carboxylic acids is 1. The third-order valence-electron chi connectivity index (χ3n) is 5.31. The SMILES string of the molecule is C=CCC(Cc1ccc(OC)cc1)(C(=O)OCC)N(CC)Cc1ccc(OC)cc1. The molecule has 0 amide bonds. The van der Waals surface area contributed by atoms with Gasteiger partial charge in [-0.25, -0.2) is 0 Å². The number of benzene rings is 2. The molecule has 2 aromatic carbocycles. The van der Waals surface area contributed by atoms with E-state index >= 15 is 0 Å². The Bertz CT molecular complexity index is 801. The molecule has 30 heavy (non-hydrogen) atoms. The molecule has 0 spiro atoms. The molecule has 0 saturated carbocycles. The van der Waals surface area contributed by atoms with Crippen molar-refractivity contribution in [2.24, 2.45) is 0 Å². The molecule has 2 rings (SSSR count). The third kappa shape index (κ3) is 5.63. The zero-order valence-corrected chi connectivity index (χ0v) is 18.5. The Morgan fingerprint density at radius 2 is 1.50 bits per heavy atom. The van der Waals surface area contributed by atoms with Crippen LogP contribution in [-0.4, -0.2) is 43.8 Å². The highest BCUT2D eigenvalue weighted by Crippen LogP contribution is 2.30. The fourth-order valence-electron chi connectivity index (χ4n) is 3.70. The molecule has 5 heteroatoms. The van der Waals surface area contributed by atoms with Crippen molar-refractivity contribution >= 4 is 5.97 Å². The van der Waals surface area contributed by atoms with E-state index in [0.29, 0.717) is 32.5 Å². The third-order valence-corrected chi connectivity index (χ3v) is 5.31. The zero-order chi connectivity index (χ0) is 22.0. The van der Waals surface area contributed by atoms with Gasteiger partial charge in [-0.15, -0.1) is 6.58 Å². The summed E-state index contributed by atoms with van der Waals surface area (Å²) < 4.78 is 16.1. The Kier molecular flexibility index (Phi) is 8.93. The molecule has 0 fully saturated rings. The standard InChI is InChI=1S/C25H33NO4/c1-6-17-25(24(27)30-8-3,18-20-9-13-22(28-4)14-10-20)26(7-2)19-21-11-15-23(29-5)16-12-21/h6,9-16H,1,7-8,17-19H2,2-5H3. The molecule has 0 heterocycles. The number of hydrogen-bond donors (Lipinski definition) is 0. The van der Waals surface area contributed by atoms with Gasteiger partial charge in [-0.2, -0.15) is 0 Å². The van der Waals surface area contributed by atoms with E-state index in [1.54, 1.807) is 20.3 Å². The van der Waals surface area contributed by atoms with Gasteiger partial charge in [0.25, 0.3) is 0 Å². The van der Waals surface area contributed by atoms with Gasteiger partial charge in [0.15, 0.2) is 0 Å². The molecule has 5 nitrogen and oxygen atoms in total. The van der Waals surface area contributed by atoms with Crippen LogP contribution in [0.4, 0.5) is 0 Å². The predicted molar refractivity (Wildman–Crippen MR) is 120 cm³/mol. The highest BCUT2D eigenvalue weighted by atomic mass is 16.5. The lowest BCUT2D eigenvalue weighted by Gasteiger charge is -2.41. The van der Waals surface area contributed by atoms with Crippen LogP contribution in [0, 0.1) is 0 Å². The Morgan fingerprint density at radius 1 is 0.967 bits per heavy atom. The van der Waals surface area contributed by atoms with Crippen molar-refractivity contribution in [2.45, 2.75) is 38.8 Å². The van der Waals surface area contributed by atoms with Crippen LogP contribution in [0.15, 0.2) is 61.2 Å². The monoisotopic (exact) mass is 411 g/mol. The van der Waals surface area contributed by atoms with Gasteiger partial charge in [0.05, 0.1) is 20.8 Å². The van der Waals surface area contributed by atoms with Crippen LogP contribution in [0.2, 0.25) is 0 Å². The summed E-state index contributed by atoms with van der Waals surface area (Å²) in [6.45, 7) is 9.47. The van der Waals surface area contributed by atoms with E-state index < -0.39 is 5.54 Å². The summed E-state index contributed by atoms with van der Waals surface area (Å²) in [5.74, 6) is 1.37. The largest absolute Gasteiger partial charge is 0.497 e. The van der Waals surface area contributed by atoms with E-state index in [1.807, 2.05) is 55.5 Å². The van der Waals surface area contributed by atoms with Gasteiger partial charge in [-0.05, 0) is 55.3 Å². The number of likely N-dealkylation sites (N-methyl/N-ethyl adjacent to an activating group) is 1. The Morgan fingerprint density at radius 3 is 1.93 bits per heavy atom. The summed E-state index contributed by atoms with van der Waals surface area (Å²) >= 11 is 0. The smallest absolute Gasteiger partial charge is 0.327 e. The first kappa shape index (κ1) is 23.5. The second-order valence-electron chi connectivity index (χ2n) is 7.13. The van der Waals surface area contributed by atoms with Crippen molar-refractivity contribution in [1.29, 1.82) is 0 Å². The van der Waals surface area contributed by atoms with E-state index in [2.05, 4.69) is 18.4 Å². The lowest BCUT2D eigenvalue weighted by Crippen LogP contribution is -2.56. The summed E-state index contributed by atoms with van der Waals surface area (Å²) in [5.41, 5.74) is 1.30. The molecule has 0 bridgehead atoms. The Balaban J connectivity index is 2.42.